The standard InChI is InChI=1S/C6H6ClFN2/c7-6-9-3-5(1-2-8)4-10-6/h3-4H,1-2H2. The fourth-order valence-corrected chi connectivity index (χ4v) is 0.675. The van der Waals surface area contributed by atoms with Crippen LogP contribution in [0.4, 0.5) is 4.39 Å². The number of aromatic nitrogens is 2. The Morgan fingerprint density at radius 1 is 1.40 bits per heavy atom. The van der Waals surface area contributed by atoms with Crippen LogP contribution >= 0.6 is 11.6 Å². The highest BCUT2D eigenvalue weighted by molar-refractivity contribution is 6.28. The van der Waals surface area contributed by atoms with E-state index in [1.54, 1.807) is 0 Å². The highest BCUT2D eigenvalue weighted by Gasteiger charge is 1.93. The van der Waals surface area contributed by atoms with E-state index < -0.39 is 0 Å². The van der Waals surface area contributed by atoms with Crippen LogP contribution < -0.4 is 0 Å². The molecule has 0 aliphatic heterocycles. The molecular formula is C6H6ClFN2. The maximum atomic E-state index is 11.7. The van der Waals surface area contributed by atoms with Gasteiger partial charge in [0.25, 0.3) is 0 Å². The quantitative estimate of drug-likeness (QED) is 0.615. The van der Waals surface area contributed by atoms with E-state index in [1.165, 1.54) is 12.4 Å². The summed E-state index contributed by atoms with van der Waals surface area (Å²) in [7, 11) is 0. The minimum absolute atomic E-state index is 0.197. The largest absolute Gasteiger partial charge is 0.251 e. The molecule has 4 heteroatoms. The maximum absolute atomic E-state index is 11.7. The van der Waals surface area contributed by atoms with Gasteiger partial charge in [-0.15, -0.1) is 0 Å². The van der Waals surface area contributed by atoms with Crippen molar-refractivity contribution in [1.82, 2.24) is 9.97 Å². The summed E-state index contributed by atoms with van der Waals surface area (Å²) in [6.07, 6.45) is 3.40. The summed E-state index contributed by atoms with van der Waals surface area (Å²) in [5.41, 5.74) is 0.770. The van der Waals surface area contributed by atoms with Gasteiger partial charge in [-0.1, -0.05) is 0 Å². The highest BCUT2D eigenvalue weighted by atomic mass is 35.5. The lowest BCUT2D eigenvalue weighted by Gasteiger charge is -1.93. The van der Waals surface area contributed by atoms with E-state index in [1.807, 2.05) is 0 Å². The fourth-order valence-electron chi connectivity index (χ4n) is 0.577. The first-order valence-corrected chi connectivity index (χ1v) is 3.23. The van der Waals surface area contributed by atoms with Gasteiger partial charge in [-0.05, 0) is 17.2 Å². The molecule has 54 valence electrons. The third kappa shape index (κ3) is 1.92. The van der Waals surface area contributed by atoms with E-state index in [-0.39, 0.29) is 12.0 Å². The molecule has 0 bridgehead atoms. The van der Waals surface area contributed by atoms with Gasteiger partial charge in [-0.3, -0.25) is 4.39 Å². The van der Waals surface area contributed by atoms with Crippen LogP contribution in [0.5, 0.6) is 0 Å². The molecule has 0 N–H and O–H groups in total. The Labute approximate surface area is 63.1 Å². The van der Waals surface area contributed by atoms with E-state index in [4.69, 9.17) is 11.6 Å². The summed E-state index contributed by atoms with van der Waals surface area (Å²) in [5.74, 6) is 0. The van der Waals surface area contributed by atoms with Gasteiger partial charge in [0.2, 0.25) is 5.28 Å². The van der Waals surface area contributed by atoms with Gasteiger partial charge in [0.1, 0.15) is 0 Å². The van der Waals surface area contributed by atoms with Crippen molar-refractivity contribution in [3.63, 3.8) is 0 Å². The number of halogens is 2. The molecule has 0 saturated carbocycles. The molecule has 0 aliphatic carbocycles. The first-order chi connectivity index (χ1) is 4.83. The Bertz CT molecular complexity index is 199. The highest BCUT2D eigenvalue weighted by Crippen LogP contribution is 2.00. The number of nitrogens with zero attached hydrogens (tertiary/aromatic N) is 2. The summed E-state index contributed by atoms with van der Waals surface area (Å²) in [5, 5.41) is 0.197. The van der Waals surface area contributed by atoms with Crippen molar-refractivity contribution in [3.8, 4) is 0 Å². The van der Waals surface area contributed by atoms with Gasteiger partial charge in [0.15, 0.2) is 0 Å². The molecule has 2 nitrogen and oxygen atoms in total. The Morgan fingerprint density at radius 3 is 2.50 bits per heavy atom. The lowest BCUT2D eigenvalue weighted by atomic mass is 10.3. The van der Waals surface area contributed by atoms with Crippen LogP contribution in [0.15, 0.2) is 12.4 Å². The number of rotatable bonds is 2. The third-order valence-electron chi connectivity index (χ3n) is 1.06. The first kappa shape index (κ1) is 7.41. The van der Waals surface area contributed by atoms with Crippen LogP contribution in [0.3, 0.4) is 0 Å². The molecule has 10 heavy (non-hydrogen) atoms. The molecule has 1 heterocycles. The molecule has 0 spiro atoms. The Morgan fingerprint density at radius 2 is 2.00 bits per heavy atom. The topological polar surface area (TPSA) is 25.8 Å². The molecule has 0 saturated heterocycles. The van der Waals surface area contributed by atoms with Gasteiger partial charge in [0.05, 0.1) is 6.67 Å². The van der Waals surface area contributed by atoms with Crippen molar-refractivity contribution < 1.29 is 4.39 Å². The second-order valence-electron chi connectivity index (χ2n) is 1.80. The molecule has 0 amide bonds. The van der Waals surface area contributed by atoms with Crippen LogP contribution in [0, 0.1) is 0 Å². The SMILES string of the molecule is FCCc1cnc(Cl)nc1. The van der Waals surface area contributed by atoms with Crippen molar-refractivity contribution in [2.24, 2.45) is 0 Å². The number of alkyl halides is 1. The minimum Gasteiger partial charge on any atom is -0.251 e. The first-order valence-electron chi connectivity index (χ1n) is 2.85. The Kier molecular flexibility index (Phi) is 2.57. The van der Waals surface area contributed by atoms with Crippen LogP contribution in [-0.2, 0) is 6.42 Å². The summed E-state index contributed by atoms with van der Waals surface area (Å²) < 4.78 is 11.7. The summed E-state index contributed by atoms with van der Waals surface area (Å²) in [6.45, 7) is -0.384. The second-order valence-corrected chi connectivity index (χ2v) is 2.14. The molecular weight excluding hydrogens is 155 g/mol. The van der Waals surface area contributed by atoms with E-state index in [2.05, 4.69) is 9.97 Å². The number of hydrogen-bond acceptors (Lipinski definition) is 2. The number of aryl methyl sites for hydroxylation is 1. The van der Waals surface area contributed by atoms with E-state index in [9.17, 15) is 4.39 Å². The van der Waals surface area contributed by atoms with Crippen LogP contribution in [0.1, 0.15) is 5.56 Å². The molecule has 1 aromatic rings. The smallest absolute Gasteiger partial charge is 0.222 e. The van der Waals surface area contributed by atoms with Crippen LogP contribution in [0.25, 0.3) is 0 Å². The lowest BCUT2D eigenvalue weighted by molar-refractivity contribution is 0.494. The van der Waals surface area contributed by atoms with Crippen molar-refractivity contribution in [2.75, 3.05) is 6.67 Å². The average Bonchev–Trinajstić information content (AvgIpc) is 1.95. The summed E-state index contributed by atoms with van der Waals surface area (Å²) in [6, 6.07) is 0. The summed E-state index contributed by atoms with van der Waals surface area (Å²) in [4.78, 5) is 7.37. The predicted molar refractivity (Wildman–Crippen MR) is 36.7 cm³/mol. The van der Waals surface area contributed by atoms with Crippen molar-refractivity contribution in [2.45, 2.75) is 6.42 Å². The molecule has 0 aromatic carbocycles. The molecule has 1 rings (SSSR count). The second kappa shape index (κ2) is 3.46. The Hall–Kier alpha value is -0.700. The molecule has 0 unspecified atom stereocenters. The zero-order chi connectivity index (χ0) is 7.40. The fraction of sp³-hybridized carbons (Fsp3) is 0.333. The van der Waals surface area contributed by atoms with E-state index in [0.29, 0.717) is 6.42 Å². The maximum Gasteiger partial charge on any atom is 0.222 e. The van der Waals surface area contributed by atoms with Gasteiger partial charge >= 0.3 is 0 Å². The van der Waals surface area contributed by atoms with Gasteiger partial charge in [0, 0.05) is 18.8 Å². The zero-order valence-electron chi connectivity index (χ0n) is 5.22. The lowest BCUT2D eigenvalue weighted by Crippen LogP contribution is -1.89. The molecule has 0 radical (unpaired) electrons. The van der Waals surface area contributed by atoms with E-state index >= 15 is 0 Å². The summed E-state index contributed by atoms with van der Waals surface area (Å²) >= 11 is 5.40. The zero-order valence-corrected chi connectivity index (χ0v) is 5.98. The van der Waals surface area contributed by atoms with Crippen molar-refractivity contribution in [3.05, 3.63) is 23.2 Å². The van der Waals surface area contributed by atoms with Crippen molar-refractivity contribution in [1.29, 1.82) is 0 Å². The van der Waals surface area contributed by atoms with Crippen LogP contribution in [-0.4, -0.2) is 16.6 Å². The van der Waals surface area contributed by atoms with Gasteiger partial charge < -0.3 is 0 Å². The number of hydrogen-bond donors (Lipinski definition) is 0. The molecule has 0 aliphatic rings. The van der Waals surface area contributed by atoms with E-state index in [0.717, 1.165) is 5.56 Å². The molecule has 1 aromatic heterocycles. The minimum atomic E-state index is -0.384. The Balaban J connectivity index is 2.69. The normalized spacial score (nSPS) is 9.80. The molecule has 0 atom stereocenters. The third-order valence-corrected chi connectivity index (χ3v) is 1.25. The average molecular weight is 161 g/mol. The monoisotopic (exact) mass is 160 g/mol. The molecule has 0 fully saturated rings. The van der Waals surface area contributed by atoms with Gasteiger partial charge in [-0.25, -0.2) is 9.97 Å². The van der Waals surface area contributed by atoms with Gasteiger partial charge in [-0.2, -0.15) is 0 Å². The van der Waals surface area contributed by atoms with Crippen LogP contribution in [0.2, 0.25) is 5.28 Å². The predicted octanol–water partition coefficient (Wildman–Crippen LogP) is 1.64. The van der Waals surface area contributed by atoms with Crippen molar-refractivity contribution >= 4 is 11.6 Å².